The van der Waals surface area contributed by atoms with Crippen LogP contribution in [0, 0.1) is 0 Å². The third-order valence-electron chi connectivity index (χ3n) is 3.77. The number of carboxylic acids is 1. The van der Waals surface area contributed by atoms with Crippen LogP contribution < -0.4 is 10.6 Å². The summed E-state index contributed by atoms with van der Waals surface area (Å²) in [7, 11) is -4.36. The van der Waals surface area contributed by atoms with Crippen molar-refractivity contribution in [1.29, 1.82) is 0 Å². The van der Waals surface area contributed by atoms with Gasteiger partial charge < -0.3 is 20.2 Å². The summed E-state index contributed by atoms with van der Waals surface area (Å²) in [5.74, 6) is -1.85. The van der Waals surface area contributed by atoms with Gasteiger partial charge in [0.15, 0.2) is 0 Å². The topological polar surface area (TPSA) is 136 Å². The van der Waals surface area contributed by atoms with E-state index in [0.717, 1.165) is 16.7 Å². The van der Waals surface area contributed by atoms with Gasteiger partial charge in [-0.3, -0.25) is 19.5 Å². The molecule has 0 aliphatic heterocycles. The molecule has 0 bridgehead atoms. The van der Waals surface area contributed by atoms with E-state index in [2.05, 4.69) is 10.6 Å². The van der Waals surface area contributed by atoms with Gasteiger partial charge in [0, 0.05) is 0 Å². The molecule has 0 spiro atoms. The quantitative estimate of drug-likeness (QED) is 0.405. The molecule has 2 rings (SSSR count). The van der Waals surface area contributed by atoms with E-state index in [1.54, 1.807) is 0 Å². The van der Waals surface area contributed by atoms with E-state index in [-0.39, 0.29) is 6.42 Å². The highest BCUT2D eigenvalue weighted by Crippen LogP contribution is 2.32. The highest BCUT2D eigenvalue weighted by atomic mass is 31.2. The largest absolute Gasteiger partial charge is 0.480 e. The molecular weight excluding hydrogens is 371 g/mol. The predicted octanol–water partition coefficient (Wildman–Crippen LogP) is 1.19. The number of rotatable bonds is 9. The van der Waals surface area contributed by atoms with E-state index >= 15 is 0 Å². The lowest BCUT2D eigenvalue weighted by Gasteiger charge is -2.18. The Kier molecular flexibility index (Phi) is 7.27. The molecule has 0 aromatic heterocycles. The van der Waals surface area contributed by atoms with Gasteiger partial charge in [0.1, 0.15) is 6.54 Å². The maximum atomic E-state index is 12.2. The molecule has 27 heavy (non-hydrogen) atoms. The van der Waals surface area contributed by atoms with E-state index in [0.29, 0.717) is 0 Å². The molecule has 0 aliphatic carbocycles. The van der Waals surface area contributed by atoms with Gasteiger partial charge >= 0.3 is 13.6 Å². The first kappa shape index (κ1) is 20.8. The fourth-order valence-electron chi connectivity index (χ4n) is 2.47. The summed E-state index contributed by atoms with van der Waals surface area (Å²) in [5, 5.41) is 13.4. The van der Waals surface area contributed by atoms with Crippen LogP contribution in [0.15, 0.2) is 54.6 Å². The van der Waals surface area contributed by atoms with Crippen LogP contribution in [0.25, 0.3) is 11.1 Å². The third kappa shape index (κ3) is 7.32. The van der Waals surface area contributed by atoms with Crippen LogP contribution in [0.3, 0.4) is 0 Å². The first-order valence-electron chi connectivity index (χ1n) is 8.16. The Labute approximate surface area is 156 Å². The summed E-state index contributed by atoms with van der Waals surface area (Å²) in [6, 6.07) is 16.2. The minimum absolute atomic E-state index is 0.153. The van der Waals surface area contributed by atoms with E-state index in [4.69, 9.17) is 14.9 Å². The second-order valence-corrected chi connectivity index (χ2v) is 7.60. The molecule has 0 fully saturated rings. The van der Waals surface area contributed by atoms with Crippen molar-refractivity contribution in [3.8, 4) is 11.1 Å². The van der Waals surface area contributed by atoms with E-state index in [9.17, 15) is 14.2 Å². The molecular formula is C18H21N2O6P. The average Bonchev–Trinajstić information content (AvgIpc) is 2.63. The zero-order valence-electron chi connectivity index (χ0n) is 14.4. The SMILES string of the molecule is O=C(O)CNC(=O)C(Cc1ccc(-c2ccccc2)cc1)NCP(=O)(O)O. The molecule has 0 radical (unpaired) electrons. The number of carbonyl (C=O) groups excluding carboxylic acids is 1. The number of carbonyl (C=O) groups is 2. The Morgan fingerprint density at radius 2 is 1.56 bits per heavy atom. The fourth-order valence-corrected chi connectivity index (χ4v) is 2.93. The summed E-state index contributed by atoms with van der Waals surface area (Å²) in [6.07, 6.45) is -0.527. The lowest BCUT2D eigenvalue weighted by molar-refractivity contribution is -0.138. The Balaban J connectivity index is 2.09. The highest BCUT2D eigenvalue weighted by molar-refractivity contribution is 7.51. The molecule has 0 saturated carbocycles. The van der Waals surface area contributed by atoms with Crippen LogP contribution >= 0.6 is 7.60 Å². The highest BCUT2D eigenvalue weighted by Gasteiger charge is 2.23. The van der Waals surface area contributed by atoms with Crippen molar-refractivity contribution in [2.45, 2.75) is 12.5 Å². The number of carboxylic acid groups (broad SMARTS) is 1. The van der Waals surface area contributed by atoms with Crippen molar-refractivity contribution < 1.29 is 29.0 Å². The lowest BCUT2D eigenvalue weighted by Crippen LogP contribution is -2.47. The number of hydrogen-bond acceptors (Lipinski definition) is 4. The smallest absolute Gasteiger partial charge is 0.339 e. The van der Waals surface area contributed by atoms with Gasteiger partial charge in [-0.15, -0.1) is 0 Å². The first-order chi connectivity index (χ1) is 12.7. The minimum atomic E-state index is -4.36. The second-order valence-electron chi connectivity index (χ2n) is 5.96. The Morgan fingerprint density at radius 1 is 0.963 bits per heavy atom. The number of hydrogen-bond donors (Lipinski definition) is 5. The van der Waals surface area contributed by atoms with Crippen LogP contribution in [0.5, 0.6) is 0 Å². The molecule has 0 saturated heterocycles. The van der Waals surface area contributed by atoms with Crippen LogP contribution in [0.1, 0.15) is 5.56 Å². The summed E-state index contributed by atoms with van der Waals surface area (Å²) < 4.78 is 11.1. The second kappa shape index (κ2) is 9.43. The molecule has 144 valence electrons. The molecule has 5 N–H and O–H groups in total. The fraction of sp³-hybridized carbons (Fsp3) is 0.222. The van der Waals surface area contributed by atoms with Gasteiger partial charge in [-0.25, -0.2) is 0 Å². The number of benzene rings is 2. The van der Waals surface area contributed by atoms with Crippen LogP contribution in [-0.4, -0.2) is 45.6 Å². The van der Waals surface area contributed by atoms with Gasteiger partial charge in [0.25, 0.3) is 0 Å². The standard InChI is InChI=1S/C18H21N2O6P/c21-17(22)11-19-18(23)16(20-12-27(24,25)26)10-13-6-8-15(9-7-13)14-4-2-1-3-5-14/h1-9,16,20H,10-12H2,(H,19,23)(H,21,22)(H2,24,25,26). The van der Waals surface area contributed by atoms with Crippen molar-refractivity contribution in [3.05, 3.63) is 60.2 Å². The Morgan fingerprint density at radius 3 is 2.11 bits per heavy atom. The van der Waals surface area contributed by atoms with Crippen molar-refractivity contribution in [1.82, 2.24) is 10.6 Å². The minimum Gasteiger partial charge on any atom is -0.480 e. The normalized spacial score (nSPS) is 12.4. The van der Waals surface area contributed by atoms with Crippen molar-refractivity contribution in [3.63, 3.8) is 0 Å². The van der Waals surface area contributed by atoms with Crippen LogP contribution in [0.4, 0.5) is 0 Å². The Bertz CT molecular complexity index is 820. The number of nitrogens with one attached hydrogen (secondary N) is 2. The summed E-state index contributed by atoms with van der Waals surface area (Å²) in [5.41, 5.74) is 2.80. The molecule has 1 atom stereocenters. The van der Waals surface area contributed by atoms with Crippen LogP contribution in [0.2, 0.25) is 0 Å². The van der Waals surface area contributed by atoms with Gasteiger partial charge in [-0.2, -0.15) is 0 Å². The molecule has 1 unspecified atom stereocenters. The first-order valence-corrected chi connectivity index (χ1v) is 9.96. The van der Waals surface area contributed by atoms with E-state index in [1.165, 1.54) is 0 Å². The summed E-state index contributed by atoms with van der Waals surface area (Å²) in [6.45, 7) is -0.570. The third-order valence-corrected chi connectivity index (χ3v) is 4.37. The van der Waals surface area contributed by atoms with Crippen LogP contribution in [-0.2, 0) is 20.6 Å². The van der Waals surface area contributed by atoms with Gasteiger partial charge in [0.05, 0.1) is 12.3 Å². The molecule has 9 heteroatoms. The summed E-state index contributed by atoms with van der Waals surface area (Å²) >= 11 is 0. The maximum Gasteiger partial charge on any atom is 0.339 e. The van der Waals surface area contributed by atoms with Gasteiger partial charge in [-0.05, 0) is 23.1 Å². The maximum absolute atomic E-state index is 12.2. The summed E-state index contributed by atoms with van der Waals surface area (Å²) in [4.78, 5) is 40.8. The molecule has 1 amide bonds. The Hall–Kier alpha value is -2.51. The van der Waals surface area contributed by atoms with E-state index in [1.807, 2.05) is 54.6 Å². The van der Waals surface area contributed by atoms with Crippen molar-refractivity contribution >= 4 is 19.5 Å². The van der Waals surface area contributed by atoms with Gasteiger partial charge in [0.2, 0.25) is 5.91 Å². The van der Waals surface area contributed by atoms with E-state index < -0.39 is 38.3 Å². The molecule has 2 aromatic carbocycles. The van der Waals surface area contributed by atoms with Gasteiger partial charge in [-0.1, -0.05) is 54.6 Å². The zero-order chi connectivity index (χ0) is 19.9. The van der Waals surface area contributed by atoms with Crippen molar-refractivity contribution in [2.24, 2.45) is 0 Å². The lowest BCUT2D eigenvalue weighted by atomic mass is 10.0. The molecule has 0 aliphatic rings. The monoisotopic (exact) mass is 392 g/mol. The van der Waals surface area contributed by atoms with Crippen molar-refractivity contribution in [2.75, 3.05) is 12.8 Å². The molecule has 8 nitrogen and oxygen atoms in total. The molecule has 2 aromatic rings. The molecule has 0 heterocycles. The number of amides is 1. The number of aliphatic carboxylic acids is 1. The predicted molar refractivity (Wildman–Crippen MR) is 100 cm³/mol. The average molecular weight is 392 g/mol. The zero-order valence-corrected chi connectivity index (χ0v) is 15.3.